The first-order valence-corrected chi connectivity index (χ1v) is 8.03. The van der Waals surface area contributed by atoms with Crippen molar-refractivity contribution >= 4 is 5.78 Å². The van der Waals surface area contributed by atoms with Crippen molar-refractivity contribution in [2.75, 3.05) is 26.8 Å². The van der Waals surface area contributed by atoms with Gasteiger partial charge in [0.15, 0.2) is 5.78 Å². The topological polar surface area (TPSA) is 29.5 Å². The second-order valence-electron chi connectivity index (χ2n) is 6.11. The van der Waals surface area contributed by atoms with Crippen molar-refractivity contribution in [2.24, 2.45) is 5.92 Å². The van der Waals surface area contributed by atoms with Crippen LogP contribution in [-0.2, 0) is 11.2 Å². The second kappa shape index (κ2) is 7.71. The minimum absolute atomic E-state index is 0.0839. The molecule has 0 spiro atoms. The number of ether oxygens (including phenoxy) is 1. The minimum atomic E-state index is -0.0839. The van der Waals surface area contributed by atoms with Gasteiger partial charge in [0.05, 0.1) is 12.6 Å². The van der Waals surface area contributed by atoms with Crippen LogP contribution in [0.2, 0.25) is 0 Å². The van der Waals surface area contributed by atoms with Gasteiger partial charge in [0.1, 0.15) is 0 Å². The molecule has 2 atom stereocenters. The quantitative estimate of drug-likeness (QED) is 0.753. The zero-order chi connectivity index (χ0) is 15.2. The maximum atomic E-state index is 12.6. The summed E-state index contributed by atoms with van der Waals surface area (Å²) < 4.78 is 5.52. The molecule has 0 aromatic heterocycles. The van der Waals surface area contributed by atoms with Crippen LogP contribution in [0.5, 0.6) is 0 Å². The summed E-state index contributed by atoms with van der Waals surface area (Å²) in [6, 6.07) is 7.92. The molecule has 0 radical (unpaired) electrons. The number of rotatable bonds is 6. The lowest BCUT2D eigenvalue weighted by molar-refractivity contribution is 0.0364. The molecule has 2 unspecified atom stereocenters. The molecule has 3 nitrogen and oxygen atoms in total. The predicted octanol–water partition coefficient (Wildman–Crippen LogP) is 3.18. The van der Waals surface area contributed by atoms with Crippen LogP contribution in [0.15, 0.2) is 24.3 Å². The molecule has 1 aliphatic rings. The van der Waals surface area contributed by atoms with E-state index in [4.69, 9.17) is 4.74 Å². The highest BCUT2D eigenvalue weighted by Crippen LogP contribution is 2.17. The van der Waals surface area contributed by atoms with Gasteiger partial charge in [-0.3, -0.25) is 9.69 Å². The van der Waals surface area contributed by atoms with Gasteiger partial charge in [-0.05, 0) is 44.7 Å². The summed E-state index contributed by atoms with van der Waals surface area (Å²) in [6.07, 6.45) is 3.35. The predicted molar refractivity (Wildman–Crippen MR) is 85.8 cm³/mol. The van der Waals surface area contributed by atoms with Crippen LogP contribution >= 0.6 is 0 Å². The molecule has 1 fully saturated rings. The van der Waals surface area contributed by atoms with Crippen LogP contribution < -0.4 is 0 Å². The van der Waals surface area contributed by atoms with E-state index in [1.807, 2.05) is 26.1 Å². The van der Waals surface area contributed by atoms with Crippen LogP contribution in [0.1, 0.15) is 42.6 Å². The summed E-state index contributed by atoms with van der Waals surface area (Å²) in [5, 5.41) is 0. The first-order valence-electron chi connectivity index (χ1n) is 8.03. The van der Waals surface area contributed by atoms with Gasteiger partial charge >= 0.3 is 0 Å². The van der Waals surface area contributed by atoms with Gasteiger partial charge < -0.3 is 4.74 Å². The van der Waals surface area contributed by atoms with Crippen LogP contribution in [0.3, 0.4) is 0 Å². The van der Waals surface area contributed by atoms with E-state index < -0.39 is 0 Å². The second-order valence-corrected chi connectivity index (χ2v) is 6.11. The highest BCUT2D eigenvalue weighted by molar-refractivity contribution is 5.99. The normalized spacial score (nSPS) is 20.5. The molecule has 0 saturated carbocycles. The zero-order valence-electron chi connectivity index (χ0n) is 13.5. The maximum absolute atomic E-state index is 12.6. The van der Waals surface area contributed by atoms with E-state index in [0.717, 1.165) is 38.2 Å². The summed E-state index contributed by atoms with van der Waals surface area (Å²) in [5.41, 5.74) is 2.08. The lowest BCUT2D eigenvalue weighted by atomic mass is 9.99. The van der Waals surface area contributed by atoms with Gasteiger partial charge in [0, 0.05) is 18.7 Å². The number of ketones is 1. The Bertz CT molecular complexity index is 449. The number of hydrogen-bond donors (Lipinski definition) is 0. The minimum Gasteiger partial charge on any atom is -0.381 e. The van der Waals surface area contributed by atoms with Crippen molar-refractivity contribution in [1.82, 2.24) is 4.90 Å². The molecule has 1 aromatic carbocycles. The van der Waals surface area contributed by atoms with Gasteiger partial charge in [0.2, 0.25) is 0 Å². The van der Waals surface area contributed by atoms with Crippen molar-refractivity contribution in [3.63, 3.8) is 0 Å². The summed E-state index contributed by atoms with van der Waals surface area (Å²) >= 11 is 0. The van der Waals surface area contributed by atoms with Crippen LogP contribution in [0.4, 0.5) is 0 Å². The molecule has 2 rings (SSSR count). The number of carbonyl (C=O) groups is 1. The van der Waals surface area contributed by atoms with E-state index in [2.05, 4.69) is 24.0 Å². The van der Waals surface area contributed by atoms with Crippen molar-refractivity contribution in [3.05, 3.63) is 35.4 Å². The highest BCUT2D eigenvalue weighted by atomic mass is 16.5. The van der Waals surface area contributed by atoms with Crippen molar-refractivity contribution < 1.29 is 9.53 Å². The fourth-order valence-electron chi connectivity index (χ4n) is 2.86. The summed E-state index contributed by atoms with van der Waals surface area (Å²) in [5.74, 6) is 0.762. The third kappa shape index (κ3) is 4.39. The van der Waals surface area contributed by atoms with Gasteiger partial charge in [-0.15, -0.1) is 0 Å². The molecule has 3 heteroatoms. The van der Waals surface area contributed by atoms with Gasteiger partial charge in [-0.2, -0.15) is 0 Å². The lowest BCUT2D eigenvalue weighted by Gasteiger charge is -2.30. The average Bonchev–Trinajstić information content (AvgIpc) is 2.54. The Balaban J connectivity index is 1.93. The number of nitrogens with zero attached hydrogens (tertiary/aromatic N) is 1. The Morgan fingerprint density at radius 1 is 1.38 bits per heavy atom. The number of benzene rings is 1. The summed E-state index contributed by atoms with van der Waals surface area (Å²) in [7, 11) is 2.04. The Morgan fingerprint density at radius 3 is 2.67 bits per heavy atom. The standard InChI is InChI=1S/C18H27NO2/c1-4-15-7-9-17(10-8-15)18(20)14(2)19(3)12-16-6-5-11-21-13-16/h7-10,14,16H,4-6,11-13H2,1-3H3. The molecule has 0 amide bonds. The molecule has 1 aromatic rings. The van der Waals surface area contributed by atoms with Gasteiger partial charge in [-0.25, -0.2) is 0 Å². The van der Waals surface area contributed by atoms with Crippen molar-refractivity contribution in [2.45, 2.75) is 39.2 Å². The fourth-order valence-corrected chi connectivity index (χ4v) is 2.86. The van der Waals surface area contributed by atoms with E-state index in [0.29, 0.717) is 5.92 Å². The lowest BCUT2D eigenvalue weighted by Crippen LogP contribution is -2.40. The average molecular weight is 289 g/mol. The van der Waals surface area contributed by atoms with Crippen molar-refractivity contribution in [3.8, 4) is 0 Å². The number of hydrogen-bond acceptors (Lipinski definition) is 3. The fraction of sp³-hybridized carbons (Fsp3) is 0.611. The molecule has 116 valence electrons. The largest absolute Gasteiger partial charge is 0.381 e. The van der Waals surface area contributed by atoms with Crippen LogP contribution in [0, 0.1) is 5.92 Å². The molecule has 1 aliphatic heterocycles. The zero-order valence-corrected chi connectivity index (χ0v) is 13.5. The van der Waals surface area contributed by atoms with Crippen LogP contribution in [0.25, 0.3) is 0 Å². The highest BCUT2D eigenvalue weighted by Gasteiger charge is 2.23. The van der Waals surface area contributed by atoms with Crippen molar-refractivity contribution in [1.29, 1.82) is 0 Å². The van der Waals surface area contributed by atoms with E-state index in [1.54, 1.807) is 0 Å². The Hall–Kier alpha value is -1.19. The Morgan fingerprint density at radius 2 is 2.10 bits per heavy atom. The number of carbonyl (C=O) groups excluding carboxylic acids is 1. The van der Waals surface area contributed by atoms with E-state index in [-0.39, 0.29) is 11.8 Å². The maximum Gasteiger partial charge on any atom is 0.179 e. The SMILES string of the molecule is CCc1ccc(C(=O)C(C)N(C)CC2CCCOC2)cc1. The Kier molecular flexibility index (Phi) is 5.95. The first-order chi connectivity index (χ1) is 10.1. The molecule has 1 heterocycles. The summed E-state index contributed by atoms with van der Waals surface area (Å²) in [4.78, 5) is 14.7. The summed E-state index contributed by atoms with van der Waals surface area (Å²) in [6.45, 7) is 6.77. The third-order valence-corrected chi connectivity index (χ3v) is 4.49. The van der Waals surface area contributed by atoms with E-state index in [9.17, 15) is 4.79 Å². The number of Topliss-reactive ketones (excluding diaryl/α,β-unsaturated/α-hetero) is 1. The number of likely N-dealkylation sites (N-methyl/N-ethyl adjacent to an activating group) is 1. The first kappa shape index (κ1) is 16.2. The monoisotopic (exact) mass is 289 g/mol. The third-order valence-electron chi connectivity index (χ3n) is 4.49. The van der Waals surface area contributed by atoms with E-state index in [1.165, 1.54) is 12.0 Å². The molecular weight excluding hydrogens is 262 g/mol. The van der Waals surface area contributed by atoms with Gasteiger partial charge in [-0.1, -0.05) is 31.2 Å². The smallest absolute Gasteiger partial charge is 0.179 e. The molecule has 1 saturated heterocycles. The molecule has 0 N–H and O–H groups in total. The van der Waals surface area contributed by atoms with Crippen LogP contribution in [-0.4, -0.2) is 43.5 Å². The van der Waals surface area contributed by atoms with E-state index >= 15 is 0 Å². The molecule has 0 bridgehead atoms. The molecule has 0 aliphatic carbocycles. The Labute approximate surface area is 128 Å². The number of aryl methyl sites for hydroxylation is 1. The molecular formula is C18H27NO2. The van der Waals surface area contributed by atoms with Gasteiger partial charge in [0.25, 0.3) is 0 Å². The molecule has 21 heavy (non-hydrogen) atoms.